The van der Waals surface area contributed by atoms with Crippen LogP contribution in [0.5, 0.6) is 0 Å². The second-order valence-corrected chi connectivity index (χ2v) is 5.99. The number of carbonyl (C=O) groups is 1. The quantitative estimate of drug-likeness (QED) is 0.796. The smallest absolute Gasteiger partial charge is 0.220 e. The topological polar surface area (TPSA) is 29.1 Å². The van der Waals surface area contributed by atoms with E-state index < -0.39 is 0 Å². The molecule has 2 atom stereocenters. The summed E-state index contributed by atoms with van der Waals surface area (Å²) in [4.78, 5) is 12.1. The fourth-order valence-corrected chi connectivity index (χ4v) is 3.22. The van der Waals surface area contributed by atoms with Crippen molar-refractivity contribution in [3.05, 3.63) is 35.9 Å². The fraction of sp³-hybridized carbons (Fsp3) is 0.611. The molecule has 1 N–H and O–H groups in total. The average molecular weight is 273 g/mol. The van der Waals surface area contributed by atoms with Gasteiger partial charge in [-0.05, 0) is 37.2 Å². The van der Waals surface area contributed by atoms with Gasteiger partial charge in [-0.2, -0.15) is 0 Å². The molecule has 0 aromatic heterocycles. The predicted octanol–water partition coefficient (Wildman–Crippen LogP) is 4.09. The van der Waals surface area contributed by atoms with E-state index >= 15 is 0 Å². The van der Waals surface area contributed by atoms with Gasteiger partial charge in [0.15, 0.2) is 0 Å². The van der Waals surface area contributed by atoms with Gasteiger partial charge in [-0.1, -0.05) is 56.5 Å². The molecule has 110 valence electrons. The molecule has 1 aliphatic rings. The maximum Gasteiger partial charge on any atom is 0.220 e. The highest BCUT2D eigenvalue weighted by Crippen LogP contribution is 2.29. The van der Waals surface area contributed by atoms with E-state index in [1.165, 1.54) is 44.1 Å². The van der Waals surface area contributed by atoms with Crippen molar-refractivity contribution in [3.8, 4) is 0 Å². The van der Waals surface area contributed by atoms with E-state index in [1.54, 1.807) is 0 Å². The summed E-state index contributed by atoms with van der Waals surface area (Å²) in [5, 5.41) is 3.27. The second kappa shape index (κ2) is 8.08. The minimum atomic E-state index is 0.224. The molecule has 20 heavy (non-hydrogen) atoms. The number of aryl methyl sites for hydroxylation is 1. The number of amides is 1. The summed E-state index contributed by atoms with van der Waals surface area (Å²) < 4.78 is 0. The molecule has 1 fully saturated rings. The maximum atomic E-state index is 12.1. The van der Waals surface area contributed by atoms with Crippen LogP contribution in [-0.2, 0) is 11.2 Å². The molecule has 1 aromatic carbocycles. The van der Waals surface area contributed by atoms with E-state index in [-0.39, 0.29) is 5.91 Å². The third kappa shape index (κ3) is 4.66. The number of nitrogens with one attached hydrogen (secondary N) is 1. The number of carbonyl (C=O) groups excluding carboxylic acids is 1. The van der Waals surface area contributed by atoms with E-state index in [2.05, 4.69) is 24.4 Å². The summed E-state index contributed by atoms with van der Waals surface area (Å²) in [5.41, 5.74) is 1.25. The van der Waals surface area contributed by atoms with E-state index in [0.717, 1.165) is 12.3 Å². The Bertz CT molecular complexity index is 401. The molecule has 0 spiro atoms. The normalized spacial score (nSPS) is 21.9. The van der Waals surface area contributed by atoms with Gasteiger partial charge in [0.2, 0.25) is 5.91 Å². The molecule has 2 unspecified atom stereocenters. The first-order chi connectivity index (χ1) is 9.79. The van der Waals surface area contributed by atoms with Crippen molar-refractivity contribution < 1.29 is 4.79 Å². The number of hydrogen-bond acceptors (Lipinski definition) is 1. The van der Waals surface area contributed by atoms with Gasteiger partial charge in [0, 0.05) is 12.5 Å². The Kier molecular flexibility index (Phi) is 6.10. The van der Waals surface area contributed by atoms with Crippen LogP contribution in [0.15, 0.2) is 30.3 Å². The van der Waals surface area contributed by atoms with Crippen molar-refractivity contribution in [3.63, 3.8) is 0 Å². The van der Waals surface area contributed by atoms with Crippen molar-refractivity contribution in [2.45, 2.75) is 64.3 Å². The minimum Gasteiger partial charge on any atom is -0.353 e. The summed E-state index contributed by atoms with van der Waals surface area (Å²) in [6, 6.07) is 10.7. The van der Waals surface area contributed by atoms with E-state index in [9.17, 15) is 4.79 Å². The monoisotopic (exact) mass is 273 g/mol. The lowest BCUT2D eigenvalue weighted by Crippen LogP contribution is -2.37. The predicted molar refractivity (Wildman–Crippen MR) is 83.6 cm³/mol. The van der Waals surface area contributed by atoms with Gasteiger partial charge < -0.3 is 5.32 Å². The van der Waals surface area contributed by atoms with Crippen molar-refractivity contribution in [2.75, 3.05) is 0 Å². The first-order valence-electron chi connectivity index (χ1n) is 8.13. The molecule has 0 aliphatic heterocycles. The Morgan fingerprint density at radius 1 is 1.25 bits per heavy atom. The third-order valence-corrected chi connectivity index (χ3v) is 4.42. The van der Waals surface area contributed by atoms with Crippen molar-refractivity contribution in [2.24, 2.45) is 5.92 Å². The second-order valence-electron chi connectivity index (χ2n) is 5.99. The highest BCUT2D eigenvalue weighted by Gasteiger charge is 2.27. The molecule has 0 radical (unpaired) electrons. The molecule has 2 nitrogen and oxygen atoms in total. The first kappa shape index (κ1) is 15.1. The molecule has 1 saturated carbocycles. The van der Waals surface area contributed by atoms with Gasteiger partial charge in [0.25, 0.3) is 0 Å². The SMILES string of the molecule is CCCCC1CCCC1NC(=O)CCc1ccccc1. The standard InChI is InChI=1S/C18H27NO/c1-2-3-10-16-11-7-12-17(16)19-18(20)14-13-15-8-5-4-6-9-15/h4-6,8-9,16-17H,2-3,7,10-14H2,1H3,(H,19,20). The number of unbranched alkanes of at least 4 members (excludes halogenated alkanes) is 1. The van der Waals surface area contributed by atoms with Crippen LogP contribution in [0.4, 0.5) is 0 Å². The first-order valence-corrected chi connectivity index (χ1v) is 8.13. The Hall–Kier alpha value is -1.31. The summed E-state index contributed by atoms with van der Waals surface area (Å²) in [6.45, 7) is 2.24. The highest BCUT2D eigenvalue weighted by atomic mass is 16.1. The zero-order chi connectivity index (χ0) is 14.2. The summed E-state index contributed by atoms with van der Waals surface area (Å²) in [7, 11) is 0. The molecule has 1 aromatic rings. The fourth-order valence-electron chi connectivity index (χ4n) is 3.22. The van der Waals surface area contributed by atoms with Gasteiger partial charge in [0.05, 0.1) is 0 Å². The van der Waals surface area contributed by atoms with E-state index in [0.29, 0.717) is 12.5 Å². The maximum absolute atomic E-state index is 12.1. The highest BCUT2D eigenvalue weighted by molar-refractivity contribution is 5.76. The Balaban J connectivity index is 1.73. The van der Waals surface area contributed by atoms with Gasteiger partial charge in [0.1, 0.15) is 0 Å². The summed E-state index contributed by atoms with van der Waals surface area (Å²) >= 11 is 0. The molecule has 0 bridgehead atoms. The Morgan fingerprint density at radius 2 is 2.05 bits per heavy atom. The van der Waals surface area contributed by atoms with Crippen LogP contribution in [0.2, 0.25) is 0 Å². The zero-order valence-electron chi connectivity index (χ0n) is 12.6. The van der Waals surface area contributed by atoms with Gasteiger partial charge >= 0.3 is 0 Å². The third-order valence-electron chi connectivity index (χ3n) is 4.42. The Labute approximate surface area is 123 Å². The van der Waals surface area contributed by atoms with Crippen LogP contribution in [0.3, 0.4) is 0 Å². The van der Waals surface area contributed by atoms with Crippen LogP contribution in [0.1, 0.15) is 57.4 Å². The summed E-state index contributed by atoms with van der Waals surface area (Å²) in [6.07, 6.45) is 9.03. The van der Waals surface area contributed by atoms with Crippen molar-refractivity contribution >= 4 is 5.91 Å². The van der Waals surface area contributed by atoms with E-state index in [4.69, 9.17) is 0 Å². The van der Waals surface area contributed by atoms with Gasteiger partial charge in [-0.15, -0.1) is 0 Å². The molecular weight excluding hydrogens is 246 g/mol. The molecule has 1 aliphatic carbocycles. The van der Waals surface area contributed by atoms with Crippen LogP contribution < -0.4 is 5.32 Å². The van der Waals surface area contributed by atoms with Crippen LogP contribution in [0, 0.1) is 5.92 Å². The summed E-state index contributed by atoms with van der Waals surface area (Å²) in [5.74, 6) is 0.942. The number of rotatable bonds is 7. The largest absolute Gasteiger partial charge is 0.353 e. The molecule has 1 amide bonds. The van der Waals surface area contributed by atoms with Crippen molar-refractivity contribution in [1.82, 2.24) is 5.32 Å². The number of benzene rings is 1. The lowest BCUT2D eigenvalue weighted by atomic mass is 9.96. The van der Waals surface area contributed by atoms with Crippen LogP contribution in [0.25, 0.3) is 0 Å². The molecule has 2 heteroatoms. The molecule has 0 heterocycles. The minimum absolute atomic E-state index is 0.224. The molecule has 0 saturated heterocycles. The lowest BCUT2D eigenvalue weighted by Gasteiger charge is -2.20. The van der Waals surface area contributed by atoms with Crippen LogP contribution >= 0.6 is 0 Å². The average Bonchev–Trinajstić information content (AvgIpc) is 2.91. The lowest BCUT2D eigenvalue weighted by molar-refractivity contribution is -0.122. The van der Waals surface area contributed by atoms with E-state index in [1.807, 2.05) is 18.2 Å². The zero-order valence-corrected chi connectivity index (χ0v) is 12.6. The van der Waals surface area contributed by atoms with Crippen LogP contribution in [-0.4, -0.2) is 11.9 Å². The van der Waals surface area contributed by atoms with Gasteiger partial charge in [-0.25, -0.2) is 0 Å². The molecule has 2 rings (SSSR count). The molecular formula is C18H27NO. The Morgan fingerprint density at radius 3 is 2.80 bits per heavy atom. The number of hydrogen-bond donors (Lipinski definition) is 1. The van der Waals surface area contributed by atoms with Crippen molar-refractivity contribution in [1.29, 1.82) is 0 Å². The van der Waals surface area contributed by atoms with Gasteiger partial charge in [-0.3, -0.25) is 4.79 Å².